The van der Waals surface area contributed by atoms with Gasteiger partial charge in [0.25, 0.3) is 0 Å². The van der Waals surface area contributed by atoms with E-state index in [0.29, 0.717) is 11.9 Å². The van der Waals surface area contributed by atoms with Gasteiger partial charge in [-0.1, -0.05) is 0 Å². The summed E-state index contributed by atoms with van der Waals surface area (Å²) < 4.78 is 0. The molecule has 1 unspecified atom stereocenters. The molecular weight excluding hydrogens is 184 g/mol. The number of carbonyl (C=O) groups excluding carboxylic acids is 1. The standard InChI is InChI=1S/C9H16N2OS/c1-11(7-3-5-13-6-7)9(12)8-2-4-10-8/h7-8,10H,2-6H2,1H3/t7?,8-/m1/s1. The molecule has 2 fully saturated rings. The number of carbonyl (C=O) groups is 1. The van der Waals surface area contributed by atoms with Crippen LogP contribution in [-0.4, -0.2) is 48.0 Å². The molecule has 4 heteroatoms. The van der Waals surface area contributed by atoms with Crippen LogP contribution in [0.15, 0.2) is 0 Å². The summed E-state index contributed by atoms with van der Waals surface area (Å²) in [6.45, 7) is 1.00. The highest BCUT2D eigenvalue weighted by Gasteiger charge is 2.31. The molecule has 1 N–H and O–H groups in total. The Bertz CT molecular complexity index is 200. The number of amides is 1. The molecule has 0 aromatic heterocycles. The minimum absolute atomic E-state index is 0.121. The maximum Gasteiger partial charge on any atom is 0.239 e. The lowest BCUT2D eigenvalue weighted by Crippen LogP contribution is -2.55. The van der Waals surface area contributed by atoms with Crippen LogP contribution in [0, 0.1) is 0 Å². The maximum atomic E-state index is 11.8. The third-order valence-corrected chi connectivity index (χ3v) is 4.07. The average Bonchev–Trinajstić information content (AvgIpc) is 2.51. The Labute approximate surface area is 83.2 Å². The van der Waals surface area contributed by atoms with E-state index in [0.717, 1.165) is 18.7 Å². The Morgan fingerprint density at radius 3 is 2.77 bits per heavy atom. The molecule has 0 saturated carbocycles. The second-order valence-corrected chi connectivity index (χ2v) is 4.91. The van der Waals surface area contributed by atoms with Crippen molar-refractivity contribution in [2.45, 2.75) is 24.9 Å². The van der Waals surface area contributed by atoms with Crippen molar-refractivity contribution in [3.8, 4) is 0 Å². The molecule has 0 aromatic carbocycles. The van der Waals surface area contributed by atoms with Crippen molar-refractivity contribution in [3.05, 3.63) is 0 Å². The van der Waals surface area contributed by atoms with E-state index in [2.05, 4.69) is 5.32 Å². The molecule has 0 spiro atoms. The Hall–Kier alpha value is -0.220. The van der Waals surface area contributed by atoms with Crippen LogP contribution in [0.3, 0.4) is 0 Å². The van der Waals surface area contributed by atoms with Gasteiger partial charge in [0.2, 0.25) is 5.91 Å². The van der Waals surface area contributed by atoms with Crippen LogP contribution in [-0.2, 0) is 4.79 Å². The Balaban J connectivity index is 1.87. The van der Waals surface area contributed by atoms with Gasteiger partial charge in [0.05, 0.1) is 6.04 Å². The van der Waals surface area contributed by atoms with Crippen molar-refractivity contribution in [1.82, 2.24) is 10.2 Å². The van der Waals surface area contributed by atoms with Crippen LogP contribution in [0.2, 0.25) is 0 Å². The van der Waals surface area contributed by atoms with Crippen molar-refractivity contribution < 1.29 is 4.79 Å². The first kappa shape index (κ1) is 9.34. The number of hydrogen-bond donors (Lipinski definition) is 1. The van der Waals surface area contributed by atoms with Gasteiger partial charge in [0.15, 0.2) is 0 Å². The molecule has 2 atom stereocenters. The third kappa shape index (κ3) is 1.83. The maximum absolute atomic E-state index is 11.8. The largest absolute Gasteiger partial charge is 0.341 e. The molecule has 0 radical (unpaired) electrons. The van der Waals surface area contributed by atoms with Gasteiger partial charge in [-0.3, -0.25) is 4.79 Å². The summed E-state index contributed by atoms with van der Waals surface area (Å²) in [6.07, 6.45) is 2.18. The van der Waals surface area contributed by atoms with Crippen molar-refractivity contribution in [2.24, 2.45) is 0 Å². The minimum Gasteiger partial charge on any atom is -0.341 e. The zero-order valence-corrected chi connectivity index (χ0v) is 8.77. The summed E-state index contributed by atoms with van der Waals surface area (Å²) in [5.41, 5.74) is 0. The molecule has 13 heavy (non-hydrogen) atoms. The first-order valence-corrected chi connectivity index (χ1v) is 6.02. The van der Waals surface area contributed by atoms with Gasteiger partial charge >= 0.3 is 0 Å². The monoisotopic (exact) mass is 200 g/mol. The number of rotatable bonds is 2. The van der Waals surface area contributed by atoms with Gasteiger partial charge in [-0.2, -0.15) is 11.8 Å². The van der Waals surface area contributed by atoms with E-state index in [4.69, 9.17) is 0 Å². The highest BCUT2D eigenvalue weighted by molar-refractivity contribution is 7.99. The van der Waals surface area contributed by atoms with E-state index >= 15 is 0 Å². The predicted octanol–water partition coefficient (Wildman–Crippen LogP) is 0.312. The molecule has 2 rings (SSSR count). The van der Waals surface area contributed by atoms with Gasteiger partial charge in [-0.15, -0.1) is 0 Å². The van der Waals surface area contributed by atoms with E-state index in [9.17, 15) is 4.79 Å². The lowest BCUT2D eigenvalue weighted by atomic mass is 10.1. The van der Waals surface area contributed by atoms with Crippen LogP contribution in [0.25, 0.3) is 0 Å². The van der Waals surface area contributed by atoms with E-state index in [1.807, 2.05) is 23.7 Å². The Morgan fingerprint density at radius 2 is 2.31 bits per heavy atom. The first-order chi connectivity index (χ1) is 6.29. The molecule has 0 bridgehead atoms. The van der Waals surface area contributed by atoms with Crippen LogP contribution in [0.4, 0.5) is 0 Å². The van der Waals surface area contributed by atoms with Crippen molar-refractivity contribution in [3.63, 3.8) is 0 Å². The van der Waals surface area contributed by atoms with E-state index in [1.54, 1.807) is 0 Å². The van der Waals surface area contributed by atoms with E-state index < -0.39 is 0 Å². The van der Waals surface area contributed by atoms with Crippen LogP contribution in [0.5, 0.6) is 0 Å². The molecular formula is C9H16N2OS. The second-order valence-electron chi connectivity index (χ2n) is 3.76. The SMILES string of the molecule is CN(C(=O)[C@H]1CCN1)C1CCSC1. The predicted molar refractivity (Wildman–Crippen MR) is 54.9 cm³/mol. The first-order valence-electron chi connectivity index (χ1n) is 4.87. The Kier molecular flexibility index (Phi) is 2.79. The Morgan fingerprint density at radius 1 is 1.54 bits per heavy atom. The highest BCUT2D eigenvalue weighted by atomic mass is 32.2. The summed E-state index contributed by atoms with van der Waals surface area (Å²) in [4.78, 5) is 13.7. The van der Waals surface area contributed by atoms with Crippen molar-refractivity contribution >= 4 is 17.7 Å². The lowest BCUT2D eigenvalue weighted by Gasteiger charge is -2.33. The van der Waals surface area contributed by atoms with Crippen LogP contribution in [0.1, 0.15) is 12.8 Å². The van der Waals surface area contributed by atoms with Gasteiger partial charge in [0.1, 0.15) is 0 Å². The number of nitrogens with one attached hydrogen (secondary N) is 1. The van der Waals surface area contributed by atoms with Gasteiger partial charge in [0, 0.05) is 18.8 Å². The molecule has 3 nitrogen and oxygen atoms in total. The fourth-order valence-electron chi connectivity index (χ4n) is 1.75. The van der Waals surface area contributed by atoms with Crippen molar-refractivity contribution in [1.29, 1.82) is 0 Å². The third-order valence-electron chi connectivity index (χ3n) is 2.92. The summed E-state index contributed by atoms with van der Waals surface area (Å²) in [7, 11) is 1.94. The van der Waals surface area contributed by atoms with E-state index in [-0.39, 0.29) is 6.04 Å². The fourth-order valence-corrected chi connectivity index (χ4v) is 3.02. The number of likely N-dealkylation sites (N-methyl/N-ethyl adjacent to an activating group) is 1. The molecule has 2 saturated heterocycles. The topological polar surface area (TPSA) is 32.3 Å². The summed E-state index contributed by atoms with van der Waals surface area (Å²) in [5, 5.41) is 3.15. The zero-order valence-electron chi connectivity index (χ0n) is 7.95. The number of hydrogen-bond acceptors (Lipinski definition) is 3. The molecule has 2 heterocycles. The zero-order chi connectivity index (χ0) is 9.26. The molecule has 0 aliphatic carbocycles. The molecule has 2 aliphatic heterocycles. The minimum atomic E-state index is 0.121. The number of nitrogens with zero attached hydrogens (tertiary/aromatic N) is 1. The quantitative estimate of drug-likeness (QED) is 0.696. The molecule has 74 valence electrons. The normalized spacial score (nSPS) is 32.7. The van der Waals surface area contributed by atoms with Gasteiger partial charge < -0.3 is 10.2 Å². The lowest BCUT2D eigenvalue weighted by molar-refractivity contribution is -0.135. The van der Waals surface area contributed by atoms with Crippen molar-refractivity contribution in [2.75, 3.05) is 25.1 Å². The molecule has 2 aliphatic rings. The second kappa shape index (κ2) is 3.88. The van der Waals surface area contributed by atoms with Crippen LogP contribution >= 0.6 is 11.8 Å². The summed E-state index contributed by atoms with van der Waals surface area (Å²) >= 11 is 1.95. The summed E-state index contributed by atoms with van der Waals surface area (Å²) in [6, 6.07) is 0.607. The number of thioether (sulfide) groups is 1. The smallest absolute Gasteiger partial charge is 0.239 e. The summed E-state index contributed by atoms with van der Waals surface area (Å²) in [5.74, 6) is 2.62. The van der Waals surface area contributed by atoms with Gasteiger partial charge in [-0.25, -0.2) is 0 Å². The molecule has 0 aromatic rings. The van der Waals surface area contributed by atoms with Gasteiger partial charge in [-0.05, 0) is 25.1 Å². The molecule has 1 amide bonds. The van der Waals surface area contributed by atoms with Crippen LogP contribution < -0.4 is 5.32 Å². The average molecular weight is 200 g/mol. The highest BCUT2D eigenvalue weighted by Crippen LogP contribution is 2.22. The fraction of sp³-hybridized carbons (Fsp3) is 0.889. The van der Waals surface area contributed by atoms with E-state index in [1.165, 1.54) is 12.2 Å².